The lowest BCUT2D eigenvalue weighted by Crippen LogP contribution is -2.62. The number of aromatic nitrogens is 1. The number of aliphatic hydroxyl groups is 2. The third kappa shape index (κ3) is 13.6. The zero-order chi connectivity index (χ0) is 52.9. The van der Waals surface area contributed by atoms with Crippen LogP contribution in [0.15, 0.2) is 35.5 Å². The van der Waals surface area contributed by atoms with Crippen molar-refractivity contribution < 1.29 is 57.7 Å². The summed E-state index contributed by atoms with van der Waals surface area (Å²) < 4.78 is 54.1. The molecule has 408 valence electrons. The number of carbonyl (C=O) groups excluding carboxylic acids is 1. The number of fused-ring (bicyclic) bond motifs is 15. The van der Waals surface area contributed by atoms with Crippen LogP contribution in [0.2, 0.25) is 0 Å². The van der Waals surface area contributed by atoms with Gasteiger partial charge in [0.1, 0.15) is 29.3 Å². The van der Waals surface area contributed by atoms with Crippen molar-refractivity contribution in [1.82, 2.24) is 14.8 Å². The fourth-order valence-electron chi connectivity index (χ4n) is 11.5. The van der Waals surface area contributed by atoms with Gasteiger partial charge in [0.2, 0.25) is 0 Å². The lowest BCUT2D eigenvalue weighted by molar-refractivity contribution is -0.313. The minimum absolute atomic E-state index is 0.0679. The van der Waals surface area contributed by atoms with Crippen LogP contribution in [0.25, 0.3) is 10.6 Å². The highest BCUT2D eigenvalue weighted by molar-refractivity contribution is 7.15. The van der Waals surface area contributed by atoms with Gasteiger partial charge in [0.05, 0.1) is 77.5 Å². The number of nitrogens with zero attached hydrogens (tertiary/aromatic N) is 4. The molecule has 0 aromatic carbocycles. The smallest absolute Gasteiger partial charge is 0.311 e. The summed E-state index contributed by atoms with van der Waals surface area (Å²) in [5, 5.41) is 29.7. The molecule has 7 rings (SSSR count). The molecule has 0 saturated carbocycles. The van der Waals surface area contributed by atoms with E-state index in [1.807, 2.05) is 84.8 Å². The van der Waals surface area contributed by atoms with Crippen LogP contribution < -0.4 is 11.5 Å². The summed E-state index contributed by atoms with van der Waals surface area (Å²) in [5.74, 6) is -2.05. The largest absolute Gasteiger partial charge is 0.459 e. The van der Waals surface area contributed by atoms with E-state index in [0.29, 0.717) is 30.9 Å². The van der Waals surface area contributed by atoms with Crippen molar-refractivity contribution in [3.63, 3.8) is 0 Å². The number of nitrogens with two attached hydrogens (primary N) is 2. The molecule has 18 nitrogen and oxygen atoms in total. The molecule has 18 atom stereocenters. The van der Waals surface area contributed by atoms with Crippen LogP contribution in [0.1, 0.15) is 113 Å². The van der Waals surface area contributed by atoms with Crippen molar-refractivity contribution in [2.24, 2.45) is 28.6 Å². The molecular formula is C53H88N6O12S. The predicted octanol–water partition coefficient (Wildman–Crippen LogP) is 5.99. The molecule has 72 heavy (non-hydrogen) atoms. The van der Waals surface area contributed by atoms with Crippen LogP contribution in [0, 0.1) is 17.8 Å². The highest BCUT2D eigenvalue weighted by atomic mass is 32.1. The van der Waals surface area contributed by atoms with E-state index in [1.54, 1.807) is 27.0 Å². The Balaban J connectivity index is 1.50. The van der Waals surface area contributed by atoms with Crippen LogP contribution in [-0.4, -0.2) is 174 Å². The Kier molecular flexibility index (Phi) is 20.1. The maximum Gasteiger partial charge on any atom is 0.311 e. The lowest BCUT2D eigenvalue weighted by atomic mass is 9.78. The number of aliphatic hydroxyl groups excluding tert-OH is 1. The molecule has 6 N–H and O–H groups in total. The molecule has 5 aliphatic heterocycles. The Bertz CT molecular complexity index is 2080. The van der Waals surface area contributed by atoms with Gasteiger partial charge in [-0.2, -0.15) is 0 Å². The molecule has 0 unspecified atom stereocenters. The van der Waals surface area contributed by atoms with E-state index >= 15 is 0 Å². The average Bonchev–Trinajstić information content (AvgIpc) is 3.80. The number of hydrogen-bond acceptors (Lipinski definition) is 19. The number of nitrogen functional groups attached to an aromatic ring is 1. The van der Waals surface area contributed by atoms with Crippen molar-refractivity contribution in [3.05, 3.63) is 35.2 Å². The number of hydrogen-bond donors (Lipinski definition) is 4. The number of likely N-dealkylation sites (N-methyl/N-ethyl adjacent to an activating group) is 1. The van der Waals surface area contributed by atoms with Crippen LogP contribution in [0.3, 0.4) is 0 Å². The zero-order valence-electron chi connectivity index (χ0n) is 45.4. The lowest BCUT2D eigenvalue weighted by Gasteiger charge is -2.50. The normalized spacial score (nSPS) is 40.7. The van der Waals surface area contributed by atoms with E-state index in [1.165, 1.54) is 11.3 Å². The molecule has 2 aromatic heterocycles. The first-order chi connectivity index (χ1) is 33.9. The Morgan fingerprint density at radius 2 is 1.75 bits per heavy atom. The van der Waals surface area contributed by atoms with Gasteiger partial charge in [0.15, 0.2) is 19.2 Å². The van der Waals surface area contributed by atoms with Crippen LogP contribution in [0.4, 0.5) is 5.82 Å². The third-order valence-electron chi connectivity index (χ3n) is 15.8. The van der Waals surface area contributed by atoms with Gasteiger partial charge >= 0.3 is 5.97 Å². The van der Waals surface area contributed by atoms with E-state index < -0.39 is 89.9 Å². The molecule has 0 aliphatic carbocycles. The Morgan fingerprint density at radius 3 is 2.42 bits per heavy atom. The summed E-state index contributed by atoms with van der Waals surface area (Å²) in [6.45, 7) is 22.8. The maximum absolute atomic E-state index is 14.9. The summed E-state index contributed by atoms with van der Waals surface area (Å²) in [6.07, 6.45) is -5.02. The van der Waals surface area contributed by atoms with Crippen LogP contribution in [-0.2, 0) is 54.1 Å². The Hall–Kier alpha value is -2.89. The molecule has 19 heteroatoms. The molecule has 5 saturated heterocycles. The summed E-state index contributed by atoms with van der Waals surface area (Å²) >= 11 is 1.52. The summed E-state index contributed by atoms with van der Waals surface area (Å²) in [7, 11) is 5.49. The number of pyridine rings is 1. The van der Waals surface area contributed by atoms with Crippen molar-refractivity contribution in [3.8, 4) is 10.6 Å². The Morgan fingerprint density at radius 1 is 1.01 bits per heavy atom. The van der Waals surface area contributed by atoms with Crippen molar-refractivity contribution >= 4 is 28.8 Å². The second-order valence-electron chi connectivity index (χ2n) is 22.0. The van der Waals surface area contributed by atoms with Crippen molar-refractivity contribution in [2.45, 2.75) is 205 Å². The number of anilines is 1. The summed E-state index contributed by atoms with van der Waals surface area (Å²) in [6, 6.07) is 8.62. The summed E-state index contributed by atoms with van der Waals surface area (Å²) in [5.41, 5.74) is 10.1. The standard InChI is InChI=1S/C53H88N6O12S/c1-15-22-59-26-30(3)47-53(11,62)41(16-2)69-49(61)34(7)45(70-43-25-51(9,63-14)46(55)35(8)68-43)33(6)48(71-50-44(60)39(58(12)13)23-32(5)67-50)52(10,24-31(59)4)65-28-36(27-64-47)57-66-29-37-20-21-40(72-37)38-18-17-19-42(54)56-38/h17-21,30-35,39,41,43-48,50,60,62H,15-16,22-29,55H2,1-14H3,(H2,54,56)/b57-36+/t30-,31+,32+,33-,34+,35-,39-,41+,43-,44+,45-,46+,47+,48+,50-,51+,52+,53+/m0/s1. The molecule has 2 bridgehead atoms. The third-order valence-corrected chi connectivity index (χ3v) is 16.8. The number of oxime groups is 1. The quantitative estimate of drug-likeness (QED) is 0.134. The number of methoxy groups -OCH3 is 1. The molecule has 0 spiro atoms. The van der Waals surface area contributed by atoms with Crippen molar-refractivity contribution in [2.75, 3.05) is 53.2 Å². The van der Waals surface area contributed by atoms with E-state index in [2.05, 4.69) is 30.7 Å². The molecule has 5 aliphatic rings. The van der Waals surface area contributed by atoms with Gasteiger partial charge in [-0.05, 0) is 125 Å². The van der Waals surface area contributed by atoms with E-state index in [4.69, 9.17) is 59.4 Å². The number of thiophene rings is 1. The maximum atomic E-state index is 14.9. The fourth-order valence-corrected chi connectivity index (χ4v) is 12.4. The first-order valence-electron chi connectivity index (χ1n) is 26.1. The van der Waals surface area contributed by atoms with Crippen LogP contribution >= 0.6 is 11.3 Å². The molecule has 0 radical (unpaired) electrons. The van der Waals surface area contributed by atoms with E-state index in [-0.39, 0.29) is 56.8 Å². The second-order valence-corrected chi connectivity index (χ2v) is 23.1. The highest BCUT2D eigenvalue weighted by Crippen LogP contribution is 2.42. The average molecular weight is 1030 g/mol. The first kappa shape index (κ1) is 58.4. The Labute approximate surface area is 432 Å². The number of ether oxygens (including phenoxy) is 8. The van der Waals surface area contributed by atoms with Crippen LogP contribution in [0.5, 0.6) is 0 Å². The van der Waals surface area contributed by atoms with E-state index in [9.17, 15) is 15.0 Å². The first-order valence-corrected chi connectivity index (χ1v) is 27.0. The van der Waals surface area contributed by atoms with Gasteiger partial charge in [-0.1, -0.05) is 38.9 Å². The predicted molar refractivity (Wildman–Crippen MR) is 277 cm³/mol. The SMILES string of the molecule is CCCN1C[C@H](C)[C@H]2OC/C(=N\OCc3ccc(-c4cccc(N)n4)s3)CO[C@](C)(C[C@H]1C)[C@H](O[C@@H]1O[C@H](C)C[C@H](N(C)C)[C@H]1O)[C@@H](C)[C@H](O[C@H]1C[C@@](C)(OC)[C@H](N)[C@H](C)O1)[C@@H](C)C(=O)O[C@H](CC)[C@@]2(C)O. The van der Waals surface area contributed by atoms with E-state index in [0.717, 1.165) is 28.4 Å². The molecule has 2 aromatic rings. The second kappa shape index (κ2) is 24.8. The molecule has 7 heterocycles. The van der Waals surface area contributed by atoms with Gasteiger partial charge in [0, 0.05) is 43.0 Å². The van der Waals surface area contributed by atoms with Gasteiger partial charge < -0.3 is 74.2 Å². The number of rotatable bonds is 13. The highest BCUT2D eigenvalue weighted by Gasteiger charge is 2.54. The molecule has 0 amide bonds. The minimum Gasteiger partial charge on any atom is -0.459 e. The van der Waals surface area contributed by atoms with Crippen molar-refractivity contribution in [1.29, 1.82) is 0 Å². The number of esters is 1. The monoisotopic (exact) mass is 1030 g/mol. The fraction of sp³-hybridized carbons (Fsp3) is 0.792. The van der Waals surface area contributed by atoms with Gasteiger partial charge in [-0.25, -0.2) is 4.98 Å². The minimum atomic E-state index is -1.68. The topological polar surface area (TPSA) is 224 Å². The molecular weight excluding hydrogens is 945 g/mol. The van der Waals surface area contributed by atoms with Gasteiger partial charge in [-0.3, -0.25) is 4.79 Å². The zero-order valence-corrected chi connectivity index (χ0v) is 46.3. The summed E-state index contributed by atoms with van der Waals surface area (Å²) in [4.78, 5) is 31.8. The van der Waals surface area contributed by atoms with Gasteiger partial charge in [0.25, 0.3) is 0 Å². The molecule has 5 fully saturated rings. The number of carbonyl (C=O) groups is 1. The van der Waals surface area contributed by atoms with Gasteiger partial charge in [-0.15, -0.1) is 11.3 Å².